The Morgan fingerprint density at radius 3 is 3.11 bits per heavy atom. The Kier molecular flexibility index (Phi) is 2.73. The second-order valence-electron chi connectivity index (χ2n) is 4.57. The molecule has 4 nitrogen and oxygen atoms in total. The molecular formula is C14H14N4. The minimum atomic E-state index is 0.648. The number of hydrogen-bond acceptors (Lipinski definition) is 3. The van der Waals surface area contributed by atoms with E-state index in [0.29, 0.717) is 11.6 Å². The molecule has 0 amide bonds. The van der Waals surface area contributed by atoms with E-state index in [1.165, 1.54) is 18.5 Å². The van der Waals surface area contributed by atoms with Crippen LogP contribution in [0.1, 0.15) is 30.1 Å². The van der Waals surface area contributed by atoms with E-state index < -0.39 is 0 Å². The Hall–Kier alpha value is -2.28. The number of anilines is 1. The predicted octanol–water partition coefficient (Wildman–Crippen LogP) is 2.70. The summed E-state index contributed by atoms with van der Waals surface area (Å²) in [4.78, 5) is 4.20. The molecule has 1 aromatic carbocycles. The van der Waals surface area contributed by atoms with E-state index in [-0.39, 0.29) is 0 Å². The second kappa shape index (κ2) is 4.53. The highest BCUT2D eigenvalue weighted by Crippen LogP contribution is 2.35. The number of aromatic nitrogens is 2. The maximum Gasteiger partial charge on any atom is 0.0992 e. The van der Waals surface area contributed by atoms with Crippen LogP contribution in [0.4, 0.5) is 5.69 Å². The molecule has 0 unspecified atom stereocenters. The molecule has 1 heterocycles. The maximum absolute atomic E-state index is 8.85. The van der Waals surface area contributed by atoms with Gasteiger partial charge in [-0.1, -0.05) is 6.07 Å². The first-order valence-corrected chi connectivity index (χ1v) is 6.11. The topological polar surface area (TPSA) is 53.6 Å². The Morgan fingerprint density at radius 1 is 1.44 bits per heavy atom. The maximum atomic E-state index is 8.85. The van der Waals surface area contributed by atoms with Gasteiger partial charge in [0.25, 0.3) is 0 Å². The van der Waals surface area contributed by atoms with Gasteiger partial charge >= 0.3 is 0 Å². The molecular weight excluding hydrogens is 224 g/mol. The summed E-state index contributed by atoms with van der Waals surface area (Å²) in [5.74, 6) is 0. The van der Waals surface area contributed by atoms with E-state index >= 15 is 0 Å². The SMILES string of the molecule is N#Cc1cccc(NCc2cncn2C2CC2)c1. The fourth-order valence-corrected chi connectivity index (χ4v) is 2.04. The lowest BCUT2D eigenvalue weighted by Crippen LogP contribution is -2.05. The van der Waals surface area contributed by atoms with Crippen molar-refractivity contribution in [3.8, 4) is 6.07 Å². The smallest absolute Gasteiger partial charge is 0.0992 e. The molecule has 0 radical (unpaired) electrons. The Bertz CT molecular complexity index is 590. The number of benzene rings is 1. The summed E-state index contributed by atoms with van der Waals surface area (Å²) < 4.78 is 2.24. The van der Waals surface area contributed by atoms with Gasteiger partial charge in [-0.25, -0.2) is 4.98 Å². The standard InChI is InChI=1S/C14H14N4/c15-7-11-2-1-3-12(6-11)17-9-14-8-16-10-18(14)13-4-5-13/h1-3,6,8,10,13,17H,4-5,9H2. The van der Waals surface area contributed by atoms with E-state index in [2.05, 4.69) is 20.9 Å². The molecule has 1 aromatic heterocycles. The molecule has 1 aliphatic rings. The molecule has 1 saturated carbocycles. The number of imidazole rings is 1. The van der Waals surface area contributed by atoms with Crippen molar-refractivity contribution in [3.05, 3.63) is 48.0 Å². The third-order valence-electron chi connectivity index (χ3n) is 3.15. The fourth-order valence-electron chi connectivity index (χ4n) is 2.04. The van der Waals surface area contributed by atoms with Crippen LogP contribution < -0.4 is 5.32 Å². The summed E-state index contributed by atoms with van der Waals surface area (Å²) in [5, 5.41) is 12.2. The van der Waals surface area contributed by atoms with Crippen molar-refractivity contribution in [1.82, 2.24) is 9.55 Å². The van der Waals surface area contributed by atoms with Crippen molar-refractivity contribution in [1.29, 1.82) is 5.26 Å². The zero-order valence-corrected chi connectivity index (χ0v) is 10.0. The molecule has 0 saturated heterocycles. The number of nitrogens with one attached hydrogen (secondary N) is 1. The van der Waals surface area contributed by atoms with Gasteiger partial charge in [-0.3, -0.25) is 0 Å². The highest BCUT2D eigenvalue weighted by atomic mass is 15.1. The number of hydrogen-bond donors (Lipinski definition) is 1. The van der Waals surface area contributed by atoms with Gasteiger partial charge in [-0.15, -0.1) is 0 Å². The van der Waals surface area contributed by atoms with E-state index in [1.807, 2.05) is 30.7 Å². The van der Waals surface area contributed by atoms with Crippen LogP contribution in [0.15, 0.2) is 36.8 Å². The minimum Gasteiger partial charge on any atom is -0.379 e. The van der Waals surface area contributed by atoms with Crippen LogP contribution in [-0.2, 0) is 6.54 Å². The molecule has 0 atom stereocenters. The fraction of sp³-hybridized carbons (Fsp3) is 0.286. The molecule has 90 valence electrons. The number of rotatable bonds is 4. The summed E-state index contributed by atoms with van der Waals surface area (Å²) >= 11 is 0. The highest BCUT2D eigenvalue weighted by Gasteiger charge is 2.24. The molecule has 1 N–H and O–H groups in total. The average Bonchev–Trinajstić information content (AvgIpc) is 3.15. The van der Waals surface area contributed by atoms with Crippen LogP contribution in [-0.4, -0.2) is 9.55 Å². The first kappa shape index (κ1) is 10.8. The predicted molar refractivity (Wildman–Crippen MR) is 69.0 cm³/mol. The van der Waals surface area contributed by atoms with Crippen LogP contribution in [0.3, 0.4) is 0 Å². The summed E-state index contributed by atoms with van der Waals surface area (Å²) in [6.07, 6.45) is 6.32. The van der Waals surface area contributed by atoms with Crippen molar-refractivity contribution < 1.29 is 0 Å². The zero-order valence-electron chi connectivity index (χ0n) is 10.0. The Balaban J connectivity index is 1.70. The molecule has 0 bridgehead atoms. The molecule has 1 fully saturated rings. The van der Waals surface area contributed by atoms with Gasteiger partial charge in [-0.05, 0) is 31.0 Å². The van der Waals surface area contributed by atoms with Gasteiger partial charge in [0.2, 0.25) is 0 Å². The molecule has 18 heavy (non-hydrogen) atoms. The van der Waals surface area contributed by atoms with E-state index in [9.17, 15) is 0 Å². The average molecular weight is 238 g/mol. The van der Waals surface area contributed by atoms with E-state index in [1.54, 1.807) is 6.07 Å². The van der Waals surface area contributed by atoms with Crippen molar-refractivity contribution in [2.24, 2.45) is 0 Å². The van der Waals surface area contributed by atoms with Gasteiger partial charge in [0.1, 0.15) is 0 Å². The van der Waals surface area contributed by atoms with Gasteiger partial charge in [0, 0.05) is 17.9 Å². The summed E-state index contributed by atoms with van der Waals surface area (Å²) in [5.41, 5.74) is 2.84. The normalized spacial score (nSPS) is 14.2. The van der Waals surface area contributed by atoms with Gasteiger partial charge in [-0.2, -0.15) is 5.26 Å². The van der Waals surface area contributed by atoms with Gasteiger partial charge < -0.3 is 9.88 Å². The Morgan fingerprint density at radius 2 is 2.33 bits per heavy atom. The number of nitrogens with zero attached hydrogens (tertiary/aromatic N) is 3. The molecule has 0 aliphatic heterocycles. The van der Waals surface area contributed by atoms with E-state index in [4.69, 9.17) is 5.26 Å². The molecule has 2 aromatic rings. The summed E-state index contributed by atoms with van der Waals surface area (Å²) in [6, 6.07) is 10.3. The number of nitriles is 1. The van der Waals surface area contributed by atoms with Crippen LogP contribution >= 0.6 is 0 Å². The quantitative estimate of drug-likeness (QED) is 0.891. The highest BCUT2D eigenvalue weighted by molar-refractivity contribution is 5.49. The van der Waals surface area contributed by atoms with Crippen molar-refractivity contribution >= 4 is 5.69 Å². The zero-order chi connectivity index (χ0) is 12.4. The Labute approximate surface area is 106 Å². The van der Waals surface area contributed by atoms with Crippen LogP contribution in [0.5, 0.6) is 0 Å². The van der Waals surface area contributed by atoms with Crippen LogP contribution in [0.25, 0.3) is 0 Å². The van der Waals surface area contributed by atoms with E-state index in [0.717, 1.165) is 12.2 Å². The largest absolute Gasteiger partial charge is 0.379 e. The second-order valence-corrected chi connectivity index (χ2v) is 4.57. The monoisotopic (exact) mass is 238 g/mol. The van der Waals surface area contributed by atoms with Crippen molar-refractivity contribution in [2.45, 2.75) is 25.4 Å². The van der Waals surface area contributed by atoms with Crippen LogP contribution in [0.2, 0.25) is 0 Å². The summed E-state index contributed by atoms with van der Waals surface area (Å²) in [6.45, 7) is 0.741. The lowest BCUT2D eigenvalue weighted by molar-refractivity contribution is 0.701. The minimum absolute atomic E-state index is 0.648. The summed E-state index contributed by atoms with van der Waals surface area (Å²) in [7, 11) is 0. The molecule has 3 rings (SSSR count). The lowest BCUT2D eigenvalue weighted by Gasteiger charge is -2.09. The van der Waals surface area contributed by atoms with Crippen molar-refractivity contribution in [2.75, 3.05) is 5.32 Å². The van der Waals surface area contributed by atoms with Gasteiger partial charge in [0.15, 0.2) is 0 Å². The molecule has 0 spiro atoms. The lowest BCUT2D eigenvalue weighted by atomic mass is 10.2. The molecule has 1 aliphatic carbocycles. The first-order chi connectivity index (χ1) is 8.86. The first-order valence-electron chi connectivity index (χ1n) is 6.11. The van der Waals surface area contributed by atoms with Crippen LogP contribution in [0, 0.1) is 11.3 Å². The third-order valence-corrected chi connectivity index (χ3v) is 3.15. The molecule has 4 heteroatoms. The third kappa shape index (κ3) is 2.21. The van der Waals surface area contributed by atoms with Gasteiger partial charge in [0.05, 0.1) is 30.2 Å². The van der Waals surface area contributed by atoms with Crippen molar-refractivity contribution in [3.63, 3.8) is 0 Å².